The van der Waals surface area contributed by atoms with Crippen LogP contribution in [0, 0.1) is 13.8 Å². The molecule has 0 aliphatic heterocycles. The van der Waals surface area contributed by atoms with Crippen molar-refractivity contribution in [3.8, 4) is 0 Å². The van der Waals surface area contributed by atoms with Crippen molar-refractivity contribution in [3.63, 3.8) is 0 Å². The van der Waals surface area contributed by atoms with Gasteiger partial charge in [-0.3, -0.25) is 19.7 Å². The second-order valence-electron chi connectivity index (χ2n) is 3.70. The van der Waals surface area contributed by atoms with Crippen LogP contribution < -0.4 is 5.43 Å². The Labute approximate surface area is 98.0 Å². The Bertz CT molecular complexity index is 553. The minimum absolute atomic E-state index is 0.227. The Balaban J connectivity index is 2.28. The van der Waals surface area contributed by atoms with Gasteiger partial charge in [0.15, 0.2) is 12.0 Å². The van der Waals surface area contributed by atoms with Gasteiger partial charge in [0.05, 0.1) is 6.26 Å². The maximum absolute atomic E-state index is 11.8. The lowest BCUT2D eigenvalue weighted by Crippen LogP contribution is -2.24. The van der Waals surface area contributed by atoms with E-state index in [9.17, 15) is 9.59 Å². The molecular formula is C12H12N2O3. The highest BCUT2D eigenvalue weighted by Crippen LogP contribution is 2.11. The Hall–Kier alpha value is -2.30. The number of carbonyl (C=O) groups excluding carboxylic acids is 2. The standard InChI is InChI=1S/C12H12N2O3/c1-8-6-10(7-15)9(2)14(8)13-12(16)11-4-3-5-17-11/h3-7H,1-2H3,(H,13,16). The summed E-state index contributed by atoms with van der Waals surface area (Å²) in [4.78, 5) is 22.5. The molecule has 0 radical (unpaired) electrons. The average molecular weight is 232 g/mol. The van der Waals surface area contributed by atoms with Crippen LogP contribution in [-0.4, -0.2) is 16.9 Å². The molecule has 5 nitrogen and oxygen atoms in total. The fourth-order valence-electron chi connectivity index (χ4n) is 1.64. The second kappa shape index (κ2) is 4.29. The van der Waals surface area contributed by atoms with Gasteiger partial charge in [-0.1, -0.05) is 0 Å². The van der Waals surface area contributed by atoms with Crippen LogP contribution in [0.3, 0.4) is 0 Å². The number of carbonyl (C=O) groups is 2. The summed E-state index contributed by atoms with van der Waals surface area (Å²) in [6, 6.07) is 4.93. The van der Waals surface area contributed by atoms with E-state index < -0.39 is 0 Å². The van der Waals surface area contributed by atoms with Crippen LogP contribution in [-0.2, 0) is 0 Å². The van der Waals surface area contributed by atoms with E-state index in [1.165, 1.54) is 6.26 Å². The van der Waals surface area contributed by atoms with Crippen LogP contribution in [0.2, 0.25) is 0 Å². The third kappa shape index (κ3) is 1.99. The van der Waals surface area contributed by atoms with E-state index in [0.717, 1.165) is 12.0 Å². The fraction of sp³-hybridized carbons (Fsp3) is 0.167. The van der Waals surface area contributed by atoms with Crippen LogP contribution in [0.1, 0.15) is 32.3 Å². The normalized spacial score (nSPS) is 10.2. The molecule has 2 aromatic rings. The van der Waals surface area contributed by atoms with Gasteiger partial charge in [0.2, 0.25) is 0 Å². The minimum Gasteiger partial charge on any atom is -0.459 e. The predicted octanol–water partition coefficient (Wildman–Crippen LogP) is 1.89. The van der Waals surface area contributed by atoms with E-state index in [0.29, 0.717) is 11.3 Å². The molecule has 2 aromatic heterocycles. The average Bonchev–Trinajstić information content (AvgIpc) is 2.92. The molecular weight excluding hydrogens is 220 g/mol. The lowest BCUT2D eigenvalue weighted by atomic mass is 10.3. The van der Waals surface area contributed by atoms with E-state index in [4.69, 9.17) is 4.42 Å². The van der Waals surface area contributed by atoms with Gasteiger partial charge >= 0.3 is 5.91 Å². The van der Waals surface area contributed by atoms with Gasteiger partial charge in [-0.15, -0.1) is 0 Å². The fourth-order valence-corrected chi connectivity index (χ4v) is 1.64. The molecule has 0 unspecified atom stereocenters. The van der Waals surface area contributed by atoms with Gasteiger partial charge in [0, 0.05) is 17.0 Å². The zero-order valence-electron chi connectivity index (χ0n) is 9.56. The zero-order valence-corrected chi connectivity index (χ0v) is 9.56. The number of aromatic nitrogens is 1. The Morgan fingerprint density at radius 2 is 2.24 bits per heavy atom. The number of furan rings is 1. The van der Waals surface area contributed by atoms with Crippen molar-refractivity contribution in [2.45, 2.75) is 13.8 Å². The lowest BCUT2D eigenvalue weighted by molar-refractivity contribution is 0.0980. The van der Waals surface area contributed by atoms with Gasteiger partial charge in [-0.2, -0.15) is 0 Å². The number of amides is 1. The van der Waals surface area contributed by atoms with Gasteiger partial charge in [-0.25, -0.2) is 0 Å². The first-order chi connectivity index (χ1) is 8.13. The number of rotatable bonds is 3. The lowest BCUT2D eigenvalue weighted by Gasteiger charge is -2.09. The van der Waals surface area contributed by atoms with Crippen LogP contribution in [0.4, 0.5) is 0 Å². The zero-order chi connectivity index (χ0) is 12.4. The molecule has 0 saturated heterocycles. The number of hydrogen-bond donors (Lipinski definition) is 1. The first-order valence-corrected chi connectivity index (χ1v) is 5.12. The Morgan fingerprint density at radius 3 is 2.76 bits per heavy atom. The van der Waals surface area contributed by atoms with Crippen molar-refractivity contribution < 1.29 is 14.0 Å². The van der Waals surface area contributed by atoms with Crippen LogP contribution >= 0.6 is 0 Å². The SMILES string of the molecule is Cc1cc(C=O)c(C)n1NC(=O)c1ccco1. The van der Waals surface area contributed by atoms with Crippen LogP contribution in [0.15, 0.2) is 28.9 Å². The highest BCUT2D eigenvalue weighted by Gasteiger charge is 2.13. The number of nitrogens with one attached hydrogen (secondary N) is 1. The second-order valence-corrected chi connectivity index (χ2v) is 3.70. The molecule has 0 aromatic carbocycles. The predicted molar refractivity (Wildman–Crippen MR) is 61.7 cm³/mol. The molecule has 1 amide bonds. The van der Waals surface area contributed by atoms with Crippen molar-refractivity contribution in [2.24, 2.45) is 0 Å². The van der Waals surface area contributed by atoms with Crippen molar-refractivity contribution in [2.75, 3.05) is 5.43 Å². The molecule has 2 heterocycles. The monoisotopic (exact) mass is 232 g/mol. The van der Waals surface area contributed by atoms with Gasteiger partial charge in [0.1, 0.15) is 0 Å². The maximum atomic E-state index is 11.8. The highest BCUT2D eigenvalue weighted by molar-refractivity contribution is 5.97. The molecule has 0 aliphatic carbocycles. The molecule has 0 saturated carbocycles. The van der Waals surface area contributed by atoms with Crippen LogP contribution in [0.5, 0.6) is 0 Å². The van der Waals surface area contributed by atoms with Gasteiger partial charge in [-0.05, 0) is 32.0 Å². The van der Waals surface area contributed by atoms with E-state index in [1.54, 1.807) is 29.8 Å². The molecule has 0 bridgehead atoms. The molecule has 2 rings (SSSR count). The summed E-state index contributed by atoms with van der Waals surface area (Å²) >= 11 is 0. The molecule has 1 N–H and O–H groups in total. The quantitative estimate of drug-likeness (QED) is 0.822. The Kier molecular flexibility index (Phi) is 2.82. The van der Waals surface area contributed by atoms with Crippen LogP contribution in [0.25, 0.3) is 0 Å². The van der Waals surface area contributed by atoms with Crippen molar-refractivity contribution >= 4 is 12.2 Å². The van der Waals surface area contributed by atoms with E-state index in [-0.39, 0.29) is 11.7 Å². The summed E-state index contributed by atoms with van der Waals surface area (Å²) in [7, 11) is 0. The largest absolute Gasteiger partial charge is 0.459 e. The van der Waals surface area contributed by atoms with E-state index >= 15 is 0 Å². The third-order valence-electron chi connectivity index (χ3n) is 2.56. The van der Waals surface area contributed by atoms with Gasteiger partial charge < -0.3 is 4.42 Å². The summed E-state index contributed by atoms with van der Waals surface area (Å²) in [5.41, 5.74) is 4.69. The first kappa shape index (κ1) is 11.2. The maximum Gasteiger partial charge on any atom is 0.305 e. The summed E-state index contributed by atoms with van der Waals surface area (Å²) in [6.45, 7) is 3.57. The molecule has 0 fully saturated rings. The van der Waals surface area contributed by atoms with Crippen molar-refractivity contribution in [3.05, 3.63) is 47.2 Å². The molecule has 0 atom stereocenters. The number of aryl methyl sites for hydroxylation is 1. The molecule has 88 valence electrons. The summed E-state index contributed by atoms with van der Waals surface area (Å²) in [5, 5.41) is 0. The summed E-state index contributed by atoms with van der Waals surface area (Å²) < 4.78 is 6.55. The highest BCUT2D eigenvalue weighted by atomic mass is 16.3. The number of aldehydes is 1. The van der Waals surface area contributed by atoms with E-state index in [2.05, 4.69) is 5.43 Å². The number of hydrogen-bond acceptors (Lipinski definition) is 3. The van der Waals surface area contributed by atoms with E-state index in [1.807, 2.05) is 6.92 Å². The molecule has 17 heavy (non-hydrogen) atoms. The third-order valence-corrected chi connectivity index (χ3v) is 2.56. The van der Waals surface area contributed by atoms with Gasteiger partial charge in [0.25, 0.3) is 0 Å². The smallest absolute Gasteiger partial charge is 0.305 e. The summed E-state index contributed by atoms with van der Waals surface area (Å²) in [6.07, 6.45) is 2.19. The van der Waals surface area contributed by atoms with Crippen molar-refractivity contribution in [1.29, 1.82) is 0 Å². The summed E-state index contributed by atoms with van der Waals surface area (Å²) in [5.74, 6) is -0.126. The molecule has 0 aliphatic rings. The molecule has 0 spiro atoms. The first-order valence-electron chi connectivity index (χ1n) is 5.12. The van der Waals surface area contributed by atoms with Crippen molar-refractivity contribution in [1.82, 2.24) is 4.68 Å². The number of nitrogens with zero attached hydrogens (tertiary/aromatic N) is 1. The molecule has 5 heteroatoms. The minimum atomic E-state index is -0.353. The topological polar surface area (TPSA) is 64.2 Å². The Morgan fingerprint density at radius 1 is 1.47 bits per heavy atom.